The fraction of sp³-hybridized carbons (Fsp3) is 0.316. The summed E-state index contributed by atoms with van der Waals surface area (Å²) in [4.78, 5) is 12.5. The van der Waals surface area contributed by atoms with Crippen LogP contribution in [-0.4, -0.2) is 11.9 Å². The fourth-order valence-electron chi connectivity index (χ4n) is 2.55. The average molecular weight is 374 g/mol. The minimum Gasteiger partial charge on any atom is -0.488 e. The molecule has 0 saturated heterocycles. The molecule has 3 rings (SSSR count). The molecule has 2 aromatic carbocycles. The van der Waals surface area contributed by atoms with Crippen LogP contribution in [0, 0.1) is 5.92 Å². The monoisotopic (exact) mass is 373 g/mol. The van der Waals surface area contributed by atoms with Gasteiger partial charge in [-0.25, -0.2) is 0 Å². The summed E-state index contributed by atoms with van der Waals surface area (Å²) >= 11 is 3.51. The van der Waals surface area contributed by atoms with Crippen molar-refractivity contribution in [2.24, 2.45) is 5.92 Å². The molecule has 1 saturated carbocycles. The first kappa shape index (κ1) is 16.1. The molecule has 0 radical (unpaired) electrons. The predicted molar refractivity (Wildman–Crippen MR) is 94.6 cm³/mol. The summed E-state index contributed by atoms with van der Waals surface area (Å²) in [6, 6.07) is 15.5. The number of halogens is 1. The van der Waals surface area contributed by atoms with Gasteiger partial charge in [-0.1, -0.05) is 46.3 Å². The molecule has 1 amide bonds. The van der Waals surface area contributed by atoms with E-state index in [0.717, 1.165) is 10.0 Å². The van der Waals surface area contributed by atoms with Crippen LogP contribution in [0.5, 0.6) is 5.75 Å². The van der Waals surface area contributed by atoms with E-state index in [1.807, 2.05) is 48.5 Å². The van der Waals surface area contributed by atoms with Crippen molar-refractivity contribution < 1.29 is 9.53 Å². The second-order valence-corrected chi connectivity index (χ2v) is 6.83. The molecule has 0 aliphatic heterocycles. The van der Waals surface area contributed by atoms with Crippen LogP contribution in [0.15, 0.2) is 53.0 Å². The highest BCUT2D eigenvalue weighted by Gasteiger charge is 2.29. The van der Waals surface area contributed by atoms with E-state index in [1.165, 1.54) is 12.8 Å². The number of rotatable bonds is 6. The average Bonchev–Trinajstić information content (AvgIpc) is 3.39. The minimum atomic E-state index is -0.0628. The summed E-state index contributed by atoms with van der Waals surface area (Å²) in [5.41, 5.74) is 1.64. The van der Waals surface area contributed by atoms with E-state index in [-0.39, 0.29) is 11.9 Å². The van der Waals surface area contributed by atoms with Crippen molar-refractivity contribution in [2.75, 3.05) is 0 Å². The van der Waals surface area contributed by atoms with Crippen molar-refractivity contribution in [3.63, 3.8) is 0 Å². The second kappa shape index (κ2) is 7.18. The Labute approximate surface area is 145 Å². The molecule has 3 nitrogen and oxygen atoms in total. The third-order valence-electron chi connectivity index (χ3n) is 4.16. The molecular weight excluding hydrogens is 354 g/mol. The van der Waals surface area contributed by atoms with Crippen LogP contribution in [0.25, 0.3) is 0 Å². The lowest BCUT2D eigenvalue weighted by molar-refractivity contribution is 0.0931. The van der Waals surface area contributed by atoms with Crippen molar-refractivity contribution in [2.45, 2.75) is 32.4 Å². The molecule has 0 aromatic heterocycles. The second-order valence-electron chi connectivity index (χ2n) is 5.98. The first-order chi connectivity index (χ1) is 11.1. The number of ether oxygens (including phenoxy) is 1. The maximum absolute atomic E-state index is 12.5. The van der Waals surface area contributed by atoms with Crippen LogP contribution in [0.4, 0.5) is 0 Å². The Morgan fingerprint density at radius 3 is 2.65 bits per heavy atom. The summed E-state index contributed by atoms with van der Waals surface area (Å²) in [7, 11) is 0. The van der Waals surface area contributed by atoms with Gasteiger partial charge in [0.25, 0.3) is 5.91 Å². The number of para-hydroxylation sites is 1. The van der Waals surface area contributed by atoms with Gasteiger partial charge in [0.05, 0.1) is 5.56 Å². The quantitative estimate of drug-likeness (QED) is 0.805. The molecule has 0 bridgehead atoms. The van der Waals surface area contributed by atoms with Gasteiger partial charge in [0.2, 0.25) is 0 Å². The van der Waals surface area contributed by atoms with Crippen LogP contribution in [-0.2, 0) is 6.61 Å². The smallest absolute Gasteiger partial charge is 0.255 e. The van der Waals surface area contributed by atoms with Gasteiger partial charge in [-0.05, 0) is 43.9 Å². The van der Waals surface area contributed by atoms with Crippen molar-refractivity contribution in [3.05, 3.63) is 64.1 Å². The van der Waals surface area contributed by atoms with Crippen LogP contribution >= 0.6 is 15.9 Å². The molecule has 0 spiro atoms. The molecule has 0 heterocycles. The van der Waals surface area contributed by atoms with Crippen LogP contribution in [0.3, 0.4) is 0 Å². The number of hydrogen-bond acceptors (Lipinski definition) is 2. The Morgan fingerprint density at radius 1 is 1.22 bits per heavy atom. The summed E-state index contributed by atoms with van der Waals surface area (Å²) < 4.78 is 6.90. The van der Waals surface area contributed by atoms with Crippen LogP contribution < -0.4 is 10.1 Å². The van der Waals surface area contributed by atoms with E-state index in [0.29, 0.717) is 23.8 Å². The van der Waals surface area contributed by atoms with Gasteiger partial charge >= 0.3 is 0 Å². The SMILES string of the molecule is CC(NC(=O)c1ccccc1OCc1ccccc1Br)C1CC1. The highest BCUT2D eigenvalue weighted by atomic mass is 79.9. The molecule has 1 aliphatic carbocycles. The Kier molecular flexibility index (Phi) is 5.01. The van der Waals surface area contributed by atoms with Crippen molar-refractivity contribution in [1.29, 1.82) is 0 Å². The number of nitrogens with one attached hydrogen (secondary N) is 1. The molecule has 4 heteroatoms. The Balaban J connectivity index is 1.70. The lowest BCUT2D eigenvalue weighted by atomic mass is 10.1. The van der Waals surface area contributed by atoms with E-state index in [9.17, 15) is 4.79 Å². The molecule has 2 aromatic rings. The van der Waals surface area contributed by atoms with E-state index in [1.54, 1.807) is 0 Å². The first-order valence-electron chi connectivity index (χ1n) is 7.91. The standard InChI is InChI=1S/C19H20BrNO2/c1-13(14-10-11-14)21-19(22)16-7-3-5-9-18(16)23-12-15-6-2-4-8-17(15)20/h2-9,13-14H,10-12H2,1H3,(H,21,22). The van der Waals surface area contributed by atoms with Gasteiger partial charge in [0.15, 0.2) is 0 Å². The third-order valence-corrected chi connectivity index (χ3v) is 4.93. The zero-order valence-electron chi connectivity index (χ0n) is 13.1. The maximum atomic E-state index is 12.5. The summed E-state index contributed by atoms with van der Waals surface area (Å²) in [6.07, 6.45) is 2.42. The molecule has 1 unspecified atom stereocenters. The van der Waals surface area contributed by atoms with E-state index >= 15 is 0 Å². The lowest BCUT2D eigenvalue weighted by Gasteiger charge is -2.15. The lowest BCUT2D eigenvalue weighted by Crippen LogP contribution is -2.34. The minimum absolute atomic E-state index is 0.0628. The number of carbonyl (C=O) groups excluding carboxylic acids is 1. The molecule has 1 atom stereocenters. The zero-order valence-corrected chi connectivity index (χ0v) is 14.7. The Hall–Kier alpha value is -1.81. The topological polar surface area (TPSA) is 38.3 Å². The number of carbonyl (C=O) groups is 1. The van der Waals surface area contributed by atoms with Gasteiger partial charge in [-0.15, -0.1) is 0 Å². The zero-order chi connectivity index (χ0) is 16.2. The van der Waals surface area contributed by atoms with Gasteiger partial charge in [-0.3, -0.25) is 4.79 Å². The highest BCUT2D eigenvalue weighted by molar-refractivity contribution is 9.10. The predicted octanol–water partition coefficient (Wildman–Crippen LogP) is 4.56. The van der Waals surface area contributed by atoms with Gasteiger partial charge in [-0.2, -0.15) is 0 Å². The number of benzene rings is 2. The van der Waals surface area contributed by atoms with Crippen molar-refractivity contribution >= 4 is 21.8 Å². The van der Waals surface area contributed by atoms with Crippen LogP contribution in [0.1, 0.15) is 35.7 Å². The molecule has 120 valence electrons. The molecule has 1 aliphatic rings. The largest absolute Gasteiger partial charge is 0.488 e. The van der Waals surface area contributed by atoms with Gasteiger partial charge in [0, 0.05) is 16.1 Å². The summed E-state index contributed by atoms with van der Waals surface area (Å²) in [5, 5.41) is 3.08. The molecule has 1 N–H and O–H groups in total. The van der Waals surface area contributed by atoms with Crippen LogP contribution in [0.2, 0.25) is 0 Å². The Morgan fingerprint density at radius 2 is 1.91 bits per heavy atom. The molecular formula is C19H20BrNO2. The third kappa shape index (κ3) is 4.14. The van der Waals surface area contributed by atoms with Crippen molar-refractivity contribution in [1.82, 2.24) is 5.32 Å². The van der Waals surface area contributed by atoms with E-state index in [2.05, 4.69) is 28.2 Å². The summed E-state index contributed by atoms with van der Waals surface area (Å²) in [5.74, 6) is 1.18. The van der Waals surface area contributed by atoms with Gasteiger partial charge in [0.1, 0.15) is 12.4 Å². The first-order valence-corrected chi connectivity index (χ1v) is 8.70. The summed E-state index contributed by atoms with van der Waals surface area (Å²) in [6.45, 7) is 2.49. The van der Waals surface area contributed by atoms with Crippen molar-refractivity contribution in [3.8, 4) is 5.75 Å². The van der Waals surface area contributed by atoms with E-state index in [4.69, 9.17) is 4.74 Å². The number of hydrogen-bond donors (Lipinski definition) is 1. The number of amides is 1. The Bertz CT molecular complexity index is 697. The molecule has 1 fully saturated rings. The highest BCUT2D eigenvalue weighted by Crippen LogP contribution is 2.32. The normalized spacial score (nSPS) is 15.0. The maximum Gasteiger partial charge on any atom is 0.255 e. The van der Waals surface area contributed by atoms with Gasteiger partial charge < -0.3 is 10.1 Å². The van der Waals surface area contributed by atoms with E-state index < -0.39 is 0 Å². The fourth-order valence-corrected chi connectivity index (χ4v) is 2.95. The molecule has 23 heavy (non-hydrogen) atoms.